The fourth-order valence-electron chi connectivity index (χ4n) is 2.90. The van der Waals surface area contributed by atoms with E-state index in [-0.39, 0.29) is 11.9 Å². The summed E-state index contributed by atoms with van der Waals surface area (Å²) in [4.78, 5) is 19.0. The molecule has 0 fully saturated rings. The van der Waals surface area contributed by atoms with Gasteiger partial charge < -0.3 is 10.2 Å². The lowest BCUT2D eigenvalue weighted by Gasteiger charge is -2.23. The third kappa shape index (κ3) is 4.09. The van der Waals surface area contributed by atoms with Gasteiger partial charge in [-0.05, 0) is 43.7 Å². The van der Waals surface area contributed by atoms with Crippen LogP contribution in [0.2, 0.25) is 0 Å². The average Bonchev–Trinajstić information content (AvgIpc) is 2.70. The fraction of sp³-hybridized carbons (Fsp3) is 0.182. The molecular weight excluding hydrogens is 322 g/mol. The van der Waals surface area contributed by atoms with Crippen molar-refractivity contribution in [3.63, 3.8) is 0 Å². The van der Waals surface area contributed by atoms with Crippen LogP contribution in [0.5, 0.6) is 0 Å². The Balaban J connectivity index is 1.71. The normalized spacial score (nSPS) is 11.6. The molecule has 0 bridgehead atoms. The predicted molar refractivity (Wildman–Crippen MR) is 106 cm³/mol. The Labute approximate surface area is 154 Å². The highest BCUT2D eigenvalue weighted by molar-refractivity contribution is 5.92. The lowest BCUT2D eigenvalue weighted by molar-refractivity contribution is 0.0935. The van der Waals surface area contributed by atoms with E-state index in [0.29, 0.717) is 5.69 Å². The number of anilines is 2. The highest BCUT2D eigenvalue weighted by Gasteiger charge is 2.13. The van der Waals surface area contributed by atoms with Crippen LogP contribution >= 0.6 is 0 Å². The predicted octanol–water partition coefficient (Wildman–Crippen LogP) is 4.73. The van der Waals surface area contributed by atoms with Crippen LogP contribution in [0.15, 0.2) is 79.0 Å². The van der Waals surface area contributed by atoms with Crippen LogP contribution in [0, 0.1) is 0 Å². The van der Waals surface area contributed by atoms with Gasteiger partial charge in [0, 0.05) is 12.2 Å². The lowest BCUT2D eigenvalue weighted by atomic mass is 10.1. The van der Waals surface area contributed by atoms with Crippen molar-refractivity contribution in [3.05, 3.63) is 90.3 Å². The number of amides is 1. The number of nitrogens with zero attached hydrogens (tertiary/aromatic N) is 2. The Kier molecular flexibility index (Phi) is 5.64. The number of hydrogen-bond acceptors (Lipinski definition) is 3. The molecular formula is C22H23N3O. The van der Waals surface area contributed by atoms with E-state index < -0.39 is 0 Å². The highest BCUT2D eigenvalue weighted by atomic mass is 16.1. The van der Waals surface area contributed by atoms with Crippen molar-refractivity contribution in [1.29, 1.82) is 0 Å². The van der Waals surface area contributed by atoms with E-state index in [1.54, 1.807) is 12.3 Å². The molecule has 0 aliphatic carbocycles. The number of nitrogens with one attached hydrogen (secondary N) is 1. The Bertz CT molecular complexity index is 832. The third-order valence-corrected chi connectivity index (χ3v) is 4.32. The maximum atomic E-state index is 12.5. The molecule has 1 atom stereocenters. The summed E-state index contributed by atoms with van der Waals surface area (Å²) in [6.07, 6.45) is 1.75. The Morgan fingerprint density at radius 1 is 0.962 bits per heavy atom. The highest BCUT2D eigenvalue weighted by Crippen LogP contribution is 2.24. The minimum absolute atomic E-state index is 0.0679. The molecule has 0 saturated heterocycles. The van der Waals surface area contributed by atoms with Crippen molar-refractivity contribution in [2.45, 2.75) is 19.9 Å². The average molecular weight is 345 g/mol. The van der Waals surface area contributed by atoms with Crippen molar-refractivity contribution >= 4 is 17.3 Å². The maximum absolute atomic E-state index is 12.5. The van der Waals surface area contributed by atoms with Gasteiger partial charge in [0.2, 0.25) is 0 Å². The number of benzene rings is 2. The zero-order chi connectivity index (χ0) is 18.4. The summed E-state index contributed by atoms with van der Waals surface area (Å²) >= 11 is 0. The zero-order valence-electron chi connectivity index (χ0n) is 15.1. The molecule has 3 rings (SSSR count). The smallest absolute Gasteiger partial charge is 0.270 e. The Hall–Kier alpha value is -3.14. The van der Waals surface area contributed by atoms with Crippen molar-refractivity contribution in [2.75, 3.05) is 11.4 Å². The molecule has 26 heavy (non-hydrogen) atoms. The Morgan fingerprint density at radius 2 is 1.62 bits per heavy atom. The van der Waals surface area contributed by atoms with E-state index in [4.69, 9.17) is 0 Å². The molecule has 1 unspecified atom stereocenters. The molecule has 3 aromatic rings. The second kappa shape index (κ2) is 8.30. The quantitative estimate of drug-likeness (QED) is 0.702. The molecule has 4 nitrogen and oxygen atoms in total. The summed E-state index contributed by atoms with van der Waals surface area (Å²) in [7, 11) is 0. The van der Waals surface area contributed by atoms with E-state index in [9.17, 15) is 4.79 Å². The molecule has 0 aliphatic rings. The van der Waals surface area contributed by atoms with Crippen molar-refractivity contribution < 1.29 is 4.79 Å². The number of pyridine rings is 1. The molecule has 2 aromatic carbocycles. The van der Waals surface area contributed by atoms with Crippen LogP contribution in [-0.4, -0.2) is 17.4 Å². The molecule has 4 heteroatoms. The number of para-hydroxylation sites is 1. The van der Waals surface area contributed by atoms with Gasteiger partial charge in [0.05, 0.1) is 17.9 Å². The minimum atomic E-state index is -0.171. The molecule has 0 spiro atoms. The summed E-state index contributed by atoms with van der Waals surface area (Å²) < 4.78 is 0. The summed E-state index contributed by atoms with van der Waals surface area (Å²) in [6.45, 7) is 4.88. The van der Waals surface area contributed by atoms with Crippen LogP contribution in [0.25, 0.3) is 0 Å². The molecule has 0 radical (unpaired) electrons. The number of hydrogen-bond donors (Lipinski definition) is 1. The topological polar surface area (TPSA) is 45.2 Å². The number of rotatable bonds is 6. The van der Waals surface area contributed by atoms with E-state index in [0.717, 1.165) is 23.5 Å². The van der Waals surface area contributed by atoms with Gasteiger partial charge >= 0.3 is 0 Å². The lowest BCUT2D eigenvalue weighted by Crippen LogP contribution is -2.27. The van der Waals surface area contributed by atoms with Gasteiger partial charge in [0.15, 0.2) is 0 Å². The molecule has 1 N–H and O–H groups in total. The van der Waals surface area contributed by atoms with E-state index >= 15 is 0 Å². The zero-order valence-corrected chi connectivity index (χ0v) is 15.1. The maximum Gasteiger partial charge on any atom is 0.270 e. The van der Waals surface area contributed by atoms with Gasteiger partial charge in [0.1, 0.15) is 5.69 Å². The second-order valence-corrected chi connectivity index (χ2v) is 6.09. The third-order valence-electron chi connectivity index (χ3n) is 4.32. The number of carbonyl (C=O) groups excluding carboxylic acids is 1. The fourth-order valence-corrected chi connectivity index (χ4v) is 2.90. The van der Waals surface area contributed by atoms with Crippen LogP contribution in [0.4, 0.5) is 11.4 Å². The largest absolute Gasteiger partial charge is 0.344 e. The van der Waals surface area contributed by atoms with E-state index in [1.807, 2.05) is 61.5 Å². The molecule has 132 valence electrons. The van der Waals surface area contributed by atoms with Crippen LogP contribution in [-0.2, 0) is 0 Å². The van der Waals surface area contributed by atoms with Gasteiger partial charge in [-0.2, -0.15) is 0 Å². The monoisotopic (exact) mass is 345 g/mol. The van der Waals surface area contributed by atoms with E-state index in [2.05, 4.69) is 34.3 Å². The summed E-state index contributed by atoms with van der Waals surface area (Å²) in [5.41, 5.74) is 3.55. The number of aromatic nitrogens is 1. The van der Waals surface area contributed by atoms with Crippen molar-refractivity contribution in [1.82, 2.24) is 10.3 Å². The first kappa shape index (κ1) is 17.7. The van der Waals surface area contributed by atoms with Gasteiger partial charge in [0.25, 0.3) is 5.91 Å². The first-order valence-electron chi connectivity index (χ1n) is 8.83. The van der Waals surface area contributed by atoms with Gasteiger partial charge in [-0.15, -0.1) is 0 Å². The summed E-state index contributed by atoms with van der Waals surface area (Å²) in [6, 6.07) is 23.7. The van der Waals surface area contributed by atoms with Crippen LogP contribution in [0.1, 0.15) is 35.9 Å². The molecule has 1 aromatic heterocycles. The standard InChI is InChI=1S/C22H23N3O/c1-3-25(19-12-8-5-9-13-19)20-14-15-21(23-16-20)22(26)24-17(2)18-10-6-4-7-11-18/h4-17H,3H2,1-2H3,(H,24,26). The summed E-state index contributed by atoms with van der Waals surface area (Å²) in [5.74, 6) is -0.171. The van der Waals surface area contributed by atoms with Crippen LogP contribution < -0.4 is 10.2 Å². The van der Waals surface area contributed by atoms with Crippen molar-refractivity contribution in [2.24, 2.45) is 0 Å². The van der Waals surface area contributed by atoms with Gasteiger partial charge in [-0.3, -0.25) is 4.79 Å². The summed E-state index contributed by atoms with van der Waals surface area (Å²) in [5, 5.41) is 2.99. The van der Waals surface area contributed by atoms with Crippen molar-refractivity contribution in [3.8, 4) is 0 Å². The SMILES string of the molecule is CCN(c1ccccc1)c1ccc(C(=O)NC(C)c2ccccc2)nc1. The first-order valence-corrected chi connectivity index (χ1v) is 8.83. The molecule has 1 amide bonds. The molecule has 1 heterocycles. The van der Waals surface area contributed by atoms with Gasteiger partial charge in [-0.1, -0.05) is 48.5 Å². The second-order valence-electron chi connectivity index (χ2n) is 6.09. The van der Waals surface area contributed by atoms with Crippen LogP contribution in [0.3, 0.4) is 0 Å². The van der Waals surface area contributed by atoms with Gasteiger partial charge in [-0.25, -0.2) is 4.98 Å². The molecule has 0 saturated carbocycles. The first-order chi connectivity index (χ1) is 12.7. The number of carbonyl (C=O) groups is 1. The Morgan fingerprint density at radius 3 is 2.19 bits per heavy atom. The molecule has 0 aliphatic heterocycles. The van der Waals surface area contributed by atoms with E-state index in [1.165, 1.54) is 0 Å². The minimum Gasteiger partial charge on any atom is -0.344 e.